The maximum absolute atomic E-state index is 13.3. The van der Waals surface area contributed by atoms with Crippen LogP contribution in [0.4, 0.5) is 5.82 Å². The molecule has 3 heterocycles. The minimum absolute atomic E-state index is 0.0256. The number of amides is 1. The zero-order valence-electron chi connectivity index (χ0n) is 21.1. The Morgan fingerprint density at radius 3 is 2.39 bits per heavy atom. The number of piperazine rings is 1. The van der Waals surface area contributed by atoms with Gasteiger partial charge in [0, 0.05) is 51.4 Å². The Kier molecular flexibility index (Phi) is 7.76. The lowest BCUT2D eigenvalue weighted by Crippen LogP contribution is -2.52. The lowest BCUT2D eigenvalue weighted by molar-refractivity contribution is -0.137. The Morgan fingerprint density at radius 2 is 1.69 bits per heavy atom. The van der Waals surface area contributed by atoms with Crippen LogP contribution in [0.2, 0.25) is 0 Å². The highest BCUT2D eigenvalue weighted by Gasteiger charge is 2.31. The summed E-state index contributed by atoms with van der Waals surface area (Å²) in [6.45, 7) is 6.22. The van der Waals surface area contributed by atoms with Crippen molar-refractivity contribution in [2.45, 2.75) is 19.3 Å². The van der Waals surface area contributed by atoms with Crippen molar-refractivity contribution in [2.75, 3.05) is 57.8 Å². The fourth-order valence-corrected chi connectivity index (χ4v) is 5.18. The van der Waals surface area contributed by atoms with Gasteiger partial charge in [-0.2, -0.15) is 0 Å². The molecule has 2 aliphatic heterocycles. The van der Waals surface area contributed by atoms with Crippen LogP contribution in [0.3, 0.4) is 0 Å². The first kappa shape index (κ1) is 24.3. The lowest BCUT2D eigenvalue weighted by atomic mass is 9.96. The minimum atomic E-state index is 0.0256. The summed E-state index contributed by atoms with van der Waals surface area (Å²) in [5, 5.41) is 8.95. The molecule has 2 aliphatic rings. The van der Waals surface area contributed by atoms with E-state index in [1.54, 1.807) is 7.11 Å². The third-order valence-electron chi connectivity index (χ3n) is 7.37. The van der Waals surface area contributed by atoms with Crippen molar-refractivity contribution in [3.63, 3.8) is 0 Å². The average molecular weight is 486 g/mol. The van der Waals surface area contributed by atoms with Gasteiger partial charge >= 0.3 is 0 Å². The van der Waals surface area contributed by atoms with Gasteiger partial charge in [-0.1, -0.05) is 30.3 Å². The topological polar surface area (TPSA) is 61.8 Å². The van der Waals surface area contributed by atoms with E-state index >= 15 is 0 Å². The predicted molar refractivity (Wildman–Crippen MR) is 142 cm³/mol. The minimum Gasteiger partial charge on any atom is -0.497 e. The summed E-state index contributed by atoms with van der Waals surface area (Å²) >= 11 is 0. The number of methoxy groups -OCH3 is 1. The summed E-state index contributed by atoms with van der Waals surface area (Å²) in [6.07, 6.45) is 3.00. The van der Waals surface area contributed by atoms with Gasteiger partial charge in [0.05, 0.1) is 18.7 Å². The molecular weight excluding hydrogens is 450 g/mol. The second-order valence-electron chi connectivity index (χ2n) is 9.69. The van der Waals surface area contributed by atoms with E-state index in [1.165, 1.54) is 5.56 Å². The normalized spacial score (nSPS) is 18.8. The molecule has 0 N–H and O–H groups in total. The second-order valence-corrected chi connectivity index (χ2v) is 9.69. The Balaban J connectivity index is 1.13. The molecule has 2 fully saturated rings. The third-order valence-corrected chi connectivity index (χ3v) is 7.37. The van der Waals surface area contributed by atoms with Gasteiger partial charge in [-0.3, -0.25) is 9.69 Å². The first-order chi connectivity index (χ1) is 17.7. The largest absolute Gasteiger partial charge is 0.497 e. The van der Waals surface area contributed by atoms with Gasteiger partial charge in [0.2, 0.25) is 5.91 Å². The summed E-state index contributed by atoms with van der Waals surface area (Å²) < 4.78 is 5.23. The van der Waals surface area contributed by atoms with Crippen molar-refractivity contribution in [1.29, 1.82) is 0 Å². The molecule has 36 heavy (non-hydrogen) atoms. The van der Waals surface area contributed by atoms with Crippen molar-refractivity contribution >= 4 is 11.7 Å². The Hall–Kier alpha value is -3.45. The molecule has 2 aromatic carbocycles. The molecule has 2 saturated heterocycles. The van der Waals surface area contributed by atoms with Crippen molar-refractivity contribution in [2.24, 2.45) is 5.92 Å². The van der Waals surface area contributed by atoms with Crippen LogP contribution in [0, 0.1) is 5.92 Å². The number of carbonyl (C=O) groups is 1. The molecule has 1 unspecified atom stereocenters. The third kappa shape index (κ3) is 5.85. The fourth-order valence-electron chi connectivity index (χ4n) is 5.18. The van der Waals surface area contributed by atoms with E-state index in [2.05, 4.69) is 55.2 Å². The van der Waals surface area contributed by atoms with Crippen LogP contribution in [0.1, 0.15) is 18.4 Å². The zero-order chi connectivity index (χ0) is 24.7. The molecule has 0 aliphatic carbocycles. The number of aromatic nitrogens is 2. The molecule has 0 bridgehead atoms. The van der Waals surface area contributed by atoms with Crippen LogP contribution < -0.4 is 9.64 Å². The van der Waals surface area contributed by atoms with Crippen LogP contribution in [-0.4, -0.2) is 78.8 Å². The van der Waals surface area contributed by atoms with E-state index in [9.17, 15) is 4.79 Å². The van der Waals surface area contributed by atoms with E-state index < -0.39 is 0 Å². The summed E-state index contributed by atoms with van der Waals surface area (Å²) in [7, 11) is 1.66. The number of benzene rings is 2. The van der Waals surface area contributed by atoms with E-state index in [0.29, 0.717) is 12.5 Å². The van der Waals surface area contributed by atoms with Crippen LogP contribution in [0.5, 0.6) is 5.75 Å². The van der Waals surface area contributed by atoms with E-state index in [1.807, 2.05) is 36.4 Å². The monoisotopic (exact) mass is 485 g/mol. The molecule has 188 valence electrons. The van der Waals surface area contributed by atoms with Crippen molar-refractivity contribution in [3.05, 3.63) is 72.3 Å². The highest BCUT2D eigenvalue weighted by Crippen LogP contribution is 2.25. The summed E-state index contributed by atoms with van der Waals surface area (Å²) in [4.78, 5) is 20.1. The maximum atomic E-state index is 13.3. The standard InChI is InChI=1S/C29H35N5O2/c1-36-26-11-9-24(10-12-26)27-13-14-28(31-30-27)34-16-5-8-25(22-34)29(35)33-20-18-32(19-21-33)17-15-23-6-3-2-4-7-23/h2-4,6-7,9-14,25H,5,8,15-22H2,1H3. The van der Waals surface area contributed by atoms with E-state index in [0.717, 1.165) is 81.4 Å². The number of hydrogen-bond donors (Lipinski definition) is 0. The lowest BCUT2D eigenvalue weighted by Gasteiger charge is -2.39. The van der Waals surface area contributed by atoms with E-state index in [-0.39, 0.29) is 5.92 Å². The Labute approximate surface area is 213 Å². The number of rotatable bonds is 7. The van der Waals surface area contributed by atoms with Crippen molar-refractivity contribution in [3.8, 4) is 17.0 Å². The molecule has 1 amide bonds. The summed E-state index contributed by atoms with van der Waals surface area (Å²) in [5.41, 5.74) is 3.21. The fraction of sp³-hybridized carbons (Fsp3) is 0.414. The number of carbonyl (C=O) groups excluding carboxylic acids is 1. The zero-order valence-corrected chi connectivity index (χ0v) is 21.1. The Morgan fingerprint density at radius 1 is 0.917 bits per heavy atom. The van der Waals surface area contributed by atoms with Crippen LogP contribution in [0.15, 0.2) is 66.7 Å². The van der Waals surface area contributed by atoms with Crippen LogP contribution in [-0.2, 0) is 11.2 Å². The smallest absolute Gasteiger partial charge is 0.227 e. The SMILES string of the molecule is COc1ccc(-c2ccc(N3CCCC(C(=O)N4CCN(CCc5ccccc5)CC4)C3)nn2)cc1. The molecule has 7 nitrogen and oxygen atoms in total. The molecule has 0 saturated carbocycles. The maximum Gasteiger partial charge on any atom is 0.227 e. The van der Waals surface area contributed by atoms with Gasteiger partial charge in [-0.05, 0) is 61.2 Å². The molecular formula is C29H35N5O2. The number of nitrogens with zero attached hydrogens (tertiary/aromatic N) is 5. The van der Waals surface area contributed by atoms with Gasteiger partial charge in [-0.15, -0.1) is 10.2 Å². The highest BCUT2D eigenvalue weighted by atomic mass is 16.5. The first-order valence-corrected chi connectivity index (χ1v) is 13.0. The summed E-state index contributed by atoms with van der Waals surface area (Å²) in [5.74, 6) is 1.99. The number of piperidine rings is 1. The Bertz CT molecular complexity index is 1110. The van der Waals surface area contributed by atoms with Gasteiger partial charge in [0.1, 0.15) is 5.75 Å². The van der Waals surface area contributed by atoms with Crippen molar-refractivity contribution < 1.29 is 9.53 Å². The van der Waals surface area contributed by atoms with Gasteiger partial charge in [0.25, 0.3) is 0 Å². The quantitative estimate of drug-likeness (QED) is 0.508. The van der Waals surface area contributed by atoms with Gasteiger partial charge < -0.3 is 14.5 Å². The predicted octanol–water partition coefficient (Wildman–Crippen LogP) is 3.76. The summed E-state index contributed by atoms with van der Waals surface area (Å²) in [6, 6.07) is 22.5. The second kappa shape index (κ2) is 11.5. The molecule has 0 radical (unpaired) electrons. The highest BCUT2D eigenvalue weighted by molar-refractivity contribution is 5.80. The average Bonchev–Trinajstić information content (AvgIpc) is 2.97. The number of anilines is 1. The van der Waals surface area contributed by atoms with Crippen molar-refractivity contribution in [1.82, 2.24) is 20.0 Å². The van der Waals surface area contributed by atoms with Gasteiger partial charge in [-0.25, -0.2) is 0 Å². The molecule has 1 atom stereocenters. The molecule has 0 spiro atoms. The molecule has 7 heteroatoms. The molecule has 1 aromatic heterocycles. The van der Waals surface area contributed by atoms with Gasteiger partial charge in [0.15, 0.2) is 5.82 Å². The van der Waals surface area contributed by atoms with Crippen LogP contribution >= 0.6 is 0 Å². The number of hydrogen-bond acceptors (Lipinski definition) is 6. The van der Waals surface area contributed by atoms with E-state index in [4.69, 9.17) is 4.74 Å². The van der Waals surface area contributed by atoms with Crippen LogP contribution in [0.25, 0.3) is 11.3 Å². The molecule has 3 aromatic rings. The molecule has 5 rings (SSSR count). The first-order valence-electron chi connectivity index (χ1n) is 13.0. The number of ether oxygens (including phenoxy) is 1.